The molecule has 0 aromatic heterocycles. The zero-order valence-corrected chi connectivity index (χ0v) is 13.6. The SMILES string of the molecule is C/C(=N\N(C(N)=S)c1ccccc1)c1ccc(Cl)c(Cl)c1. The number of thiocarbonyl (C=S) groups is 1. The Morgan fingerprint density at radius 1 is 1.10 bits per heavy atom. The van der Waals surface area contributed by atoms with Gasteiger partial charge in [-0.2, -0.15) is 5.10 Å². The summed E-state index contributed by atoms with van der Waals surface area (Å²) in [4.78, 5) is 0. The van der Waals surface area contributed by atoms with Crippen LogP contribution >= 0.6 is 35.4 Å². The Morgan fingerprint density at radius 2 is 1.76 bits per heavy atom. The van der Waals surface area contributed by atoms with Gasteiger partial charge in [0.1, 0.15) is 0 Å². The van der Waals surface area contributed by atoms with Gasteiger partial charge in [0.2, 0.25) is 0 Å². The number of rotatable bonds is 3. The predicted octanol–water partition coefficient (Wildman–Crippen LogP) is 4.47. The number of hydrogen-bond donors (Lipinski definition) is 1. The Morgan fingerprint density at radius 3 is 2.33 bits per heavy atom. The number of benzene rings is 2. The maximum absolute atomic E-state index is 6.02. The average Bonchev–Trinajstić information content (AvgIpc) is 2.48. The molecule has 0 atom stereocenters. The van der Waals surface area contributed by atoms with Crippen LogP contribution < -0.4 is 10.7 Å². The van der Waals surface area contributed by atoms with Crippen molar-refractivity contribution in [1.29, 1.82) is 0 Å². The largest absolute Gasteiger partial charge is 0.374 e. The first-order valence-electron chi connectivity index (χ1n) is 6.14. The summed E-state index contributed by atoms with van der Waals surface area (Å²) >= 11 is 17.0. The van der Waals surface area contributed by atoms with E-state index in [0.29, 0.717) is 10.0 Å². The van der Waals surface area contributed by atoms with Gasteiger partial charge in [0, 0.05) is 0 Å². The second-order valence-corrected chi connectivity index (χ2v) is 5.53. The second-order valence-electron chi connectivity index (χ2n) is 4.30. The van der Waals surface area contributed by atoms with E-state index in [4.69, 9.17) is 41.2 Å². The van der Waals surface area contributed by atoms with E-state index in [9.17, 15) is 0 Å². The van der Waals surface area contributed by atoms with Crippen molar-refractivity contribution in [2.45, 2.75) is 6.92 Å². The molecule has 0 spiro atoms. The topological polar surface area (TPSA) is 41.6 Å². The highest BCUT2D eigenvalue weighted by Gasteiger charge is 2.09. The highest BCUT2D eigenvalue weighted by Crippen LogP contribution is 2.23. The molecule has 6 heteroatoms. The third-order valence-corrected chi connectivity index (χ3v) is 3.71. The summed E-state index contributed by atoms with van der Waals surface area (Å²) in [5.74, 6) is 0. The molecule has 2 aromatic carbocycles. The lowest BCUT2D eigenvalue weighted by atomic mass is 10.1. The number of anilines is 1. The van der Waals surface area contributed by atoms with Crippen molar-refractivity contribution >= 4 is 51.9 Å². The van der Waals surface area contributed by atoms with Crippen molar-refractivity contribution in [1.82, 2.24) is 0 Å². The molecule has 0 aliphatic rings. The summed E-state index contributed by atoms with van der Waals surface area (Å²) < 4.78 is 0. The summed E-state index contributed by atoms with van der Waals surface area (Å²) in [6.07, 6.45) is 0. The highest BCUT2D eigenvalue weighted by atomic mass is 35.5. The Bertz CT molecular complexity index is 687. The first-order valence-corrected chi connectivity index (χ1v) is 7.30. The van der Waals surface area contributed by atoms with E-state index in [1.54, 1.807) is 12.1 Å². The molecular weight excluding hydrogens is 325 g/mol. The van der Waals surface area contributed by atoms with E-state index < -0.39 is 0 Å². The van der Waals surface area contributed by atoms with E-state index in [1.165, 1.54) is 5.01 Å². The molecule has 0 heterocycles. The van der Waals surface area contributed by atoms with Gasteiger partial charge in [-0.05, 0) is 49.0 Å². The highest BCUT2D eigenvalue weighted by molar-refractivity contribution is 7.80. The van der Waals surface area contributed by atoms with Gasteiger partial charge in [0.15, 0.2) is 5.11 Å². The van der Waals surface area contributed by atoms with Crippen LogP contribution in [0.2, 0.25) is 10.0 Å². The summed E-state index contributed by atoms with van der Waals surface area (Å²) in [7, 11) is 0. The molecule has 108 valence electrons. The van der Waals surface area contributed by atoms with Crippen LogP contribution in [0.4, 0.5) is 5.69 Å². The summed E-state index contributed by atoms with van der Waals surface area (Å²) in [5.41, 5.74) is 8.12. The average molecular weight is 338 g/mol. The smallest absolute Gasteiger partial charge is 0.191 e. The van der Waals surface area contributed by atoms with Gasteiger partial charge in [-0.15, -0.1) is 0 Å². The zero-order chi connectivity index (χ0) is 15.4. The summed E-state index contributed by atoms with van der Waals surface area (Å²) in [5, 5.41) is 7.12. The van der Waals surface area contributed by atoms with E-state index in [0.717, 1.165) is 17.0 Å². The maximum Gasteiger partial charge on any atom is 0.191 e. The minimum atomic E-state index is 0.167. The molecule has 0 radical (unpaired) electrons. The van der Waals surface area contributed by atoms with Crippen LogP contribution in [-0.2, 0) is 0 Å². The lowest BCUT2D eigenvalue weighted by Crippen LogP contribution is -2.31. The molecule has 0 unspecified atom stereocenters. The zero-order valence-electron chi connectivity index (χ0n) is 11.3. The van der Waals surface area contributed by atoms with E-state index in [1.807, 2.05) is 43.3 Å². The first kappa shape index (κ1) is 15.8. The molecule has 0 aliphatic carbocycles. The molecule has 2 aromatic rings. The molecule has 3 nitrogen and oxygen atoms in total. The van der Waals surface area contributed by atoms with Crippen LogP contribution in [0.5, 0.6) is 0 Å². The van der Waals surface area contributed by atoms with Gasteiger partial charge in [-0.25, -0.2) is 5.01 Å². The minimum absolute atomic E-state index is 0.167. The molecule has 21 heavy (non-hydrogen) atoms. The van der Waals surface area contributed by atoms with E-state index in [2.05, 4.69) is 5.10 Å². The predicted molar refractivity (Wildman–Crippen MR) is 94.4 cm³/mol. The molecular formula is C15H13Cl2N3S. The first-order chi connectivity index (χ1) is 9.99. The Balaban J connectivity index is 2.38. The Labute approximate surface area is 139 Å². The van der Waals surface area contributed by atoms with Gasteiger partial charge in [-0.3, -0.25) is 0 Å². The molecule has 0 amide bonds. The molecule has 2 rings (SSSR count). The van der Waals surface area contributed by atoms with Gasteiger partial charge in [0.05, 0.1) is 21.4 Å². The van der Waals surface area contributed by atoms with Crippen molar-refractivity contribution in [3.8, 4) is 0 Å². The van der Waals surface area contributed by atoms with Crippen molar-refractivity contribution in [3.05, 3.63) is 64.1 Å². The Kier molecular flexibility index (Phi) is 5.17. The molecule has 0 saturated carbocycles. The number of para-hydroxylation sites is 1. The van der Waals surface area contributed by atoms with Crippen LogP contribution in [0.25, 0.3) is 0 Å². The van der Waals surface area contributed by atoms with Crippen LogP contribution in [0.1, 0.15) is 12.5 Å². The van der Waals surface area contributed by atoms with E-state index >= 15 is 0 Å². The van der Waals surface area contributed by atoms with E-state index in [-0.39, 0.29) is 5.11 Å². The quantitative estimate of drug-likeness (QED) is 0.510. The standard InChI is InChI=1S/C15H13Cl2N3S/c1-10(11-7-8-13(16)14(17)9-11)19-20(15(18)21)12-5-3-2-4-6-12/h2-9H,1H3,(H2,18,21)/b19-10+. The third-order valence-electron chi connectivity index (χ3n) is 2.80. The normalized spacial score (nSPS) is 11.3. The third kappa shape index (κ3) is 3.94. The van der Waals surface area contributed by atoms with Crippen molar-refractivity contribution in [3.63, 3.8) is 0 Å². The summed E-state index contributed by atoms with van der Waals surface area (Å²) in [6, 6.07) is 14.8. The number of hydrogen-bond acceptors (Lipinski definition) is 2. The Hall–Kier alpha value is -1.62. The monoisotopic (exact) mass is 337 g/mol. The molecule has 0 bridgehead atoms. The van der Waals surface area contributed by atoms with Crippen molar-refractivity contribution in [2.24, 2.45) is 10.8 Å². The van der Waals surface area contributed by atoms with Crippen molar-refractivity contribution in [2.75, 3.05) is 5.01 Å². The van der Waals surface area contributed by atoms with Gasteiger partial charge < -0.3 is 5.73 Å². The minimum Gasteiger partial charge on any atom is -0.374 e. The van der Waals surface area contributed by atoms with Crippen LogP contribution in [0.15, 0.2) is 53.6 Å². The number of halogens is 2. The van der Waals surface area contributed by atoms with Crippen LogP contribution in [0, 0.1) is 0 Å². The fraction of sp³-hybridized carbons (Fsp3) is 0.0667. The second kappa shape index (κ2) is 6.89. The maximum atomic E-state index is 6.02. The number of hydrazone groups is 1. The molecule has 0 saturated heterocycles. The molecule has 0 aliphatic heterocycles. The molecule has 0 fully saturated rings. The lowest BCUT2D eigenvalue weighted by Gasteiger charge is -2.18. The van der Waals surface area contributed by atoms with Crippen LogP contribution in [-0.4, -0.2) is 10.8 Å². The molecule has 2 N–H and O–H groups in total. The number of nitrogens with zero attached hydrogens (tertiary/aromatic N) is 2. The van der Waals surface area contributed by atoms with Gasteiger partial charge in [0.25, 0.3) is 0 Å². The van der Waals surface area contributed by atoms with Gasteiger partial charge in [-0.1, -0.05) is 47.5 Å². The fourth-order valence-electron chi connectivity index (χ4n) is 1.73. The summed E-state index contributed by atoms with van der Waals surface area (Å²) in [6.45, 7) is 1.85. The van der Waals surface area contributed by atoms with Crippen molar-refractivity contribution < 1.29 is 0 Å². The van der Waals surface area contributed by atoms with Gasteiger partial charge >= 0.3 is 0 Å². The van der Waals surface area contributed by atoms with Crippen LogP contribution in [0.3, 0.4) is 0 Å². The number of nitrogens with two attached hydrogens (primary N) is 1. The lowest BCUT2D eigenvalue weighted by molar-refractivity contribution is 1.12. The fourth-order valence-corrected chi connectivity index (χ4v) is 2.18.